The molecule has 3 amide bonds. The van der Waals surface area contributed by atoms with E-state index < -0.39 is 12.0 Å². The molecular formula is C13H16ClN3O4. The van der Waals surface area contributed by atoms with Crippen LogP contribution in [0.15, 0.2) is 18.2 Å². The van der Waals surface area contributed by atoms with Gasteiger partial charge in [-0.2, -0.15) is 0 Å². The smallest absolute Gasteiger partial charge is 0.337 e. The number of nitrogens with zero attached hydrogens (tertiary/aromatic N) is 1. The number of benzene rings is 1. The fraction of sp³-hybridized carbons (Fsp3) is 0.308. The topological polar surface area (TPSA) is 98.7 Å². The lowest BCUT2D eigenvalue weighted by Crippen LogP contribution is -2.41. The number of carboxylic acids is 1. The molecule has 7 nitrogen and oxygen atoms in total. The van der Waals surface area contributed by atoms with Crippen molar-refractivity contribution in [2.45, 2.75) is 6.92 Å². The maximum Gasteiger partial charge on any atom is 0.337 e. The fourth-order valence-corrected chi connectivity index (χ4v) is 1.75. The lowest BCUT2D eigenvalue weighted by atomic mass is 10.2. The first-order valence-electron chi connectivity index (χ1n) is 6.18. The molecule has 0 aliphatic carbocycles. The molecule has 21 heavy (non-hydrogen) atoms. The number of aromatic carboxylic acids is 1. The Labute approximate surface area is 126 Å². The maximum atomic E-state index is 12.1. The van der Waals surface area contributed by atoms with Crippen LogP contribution in [-0.2, 0) is 4.79 Å². The largest absolute Gasteiger partial charge is 0.478 e. The van der Waals surface area contributed by atoms with Crippen LogP contribution in [0.1, 0.15) is 17.3 Å². The van der Waals surface area contributed by atoms with Crippen LogP contribution in [0, 0.1) is 0 Å². The summed E-state index contributed by atoms with van der Waals surface area (Å²) in [5.41, 5.74) is -0.000831. The third-order valence-electron chi connectivity index (χ3n) is 2.74. The molecule has 0 radical (unpaired) electrons. The summed E-state index contributed by atoms with van der Waals surface area (Å²) in [6.45, 7) is 1.90. The zero-order chi connectivity index (χ0) is 16.0. The number of carbonyl (C=O) groups excluding carboxylic acids is 2. The number of nitrogens with one attached hydrogen (secondary N) is 2. The van der Waals surface area contributed by atoms with Gasteiger partial charge in [0.1, 0.15) is 6.54 Å². The van der Waals surface area contributed by atoms with Crippen LogP contribution in [0.5, 0.6) is 0 Å². The van der Waals surface area contributed by atoms with E-state index in [0.717, 1.165) is 0 Å². The van der Waals surface area contributed by atoms with Gasteiger partial charge in [-0.25, -0.2) is 9.59 Å². The quantitative estimate of drug-likeness (QED) is 0.769. The first-order chi connectivity index (χ1) is 9.88. The summed E-state index contributed by atoms with van der Waals surface area (Å²) >= 11 is 5.74. The van der Waals surface area contributed by atoms with Crippen molar-refractivity contribution in [1.29, 1.82) is 0 Å². The van der Waals surface area contributed by atoms with Crippen molar-refractivity contribution >= 4 is 35.2 Å². The third kappa shape index (κ3) is 4.64. The van der Waals surface area contributed by atoms with E-state index in [0.29, 0.717) is 6.54 Å². The van der Waals surface area contributed by atoms with Gasteiger partial charge in [-0.1, -0.05) is 11.6 Å². The van der Waals surface area contributed by atoms with E-state index in [9.17, 15) is 14.4 Å². The molecule has 3 N–H and O–H groups in total. The van der Waals surface area contributed by atoms with E-state index in [1.165, 1.54) is 30.1 Å². The summed E-state index contributed by atoms with van der Waals surface area (Å²) in [6, 6.07) is 3.55. The highest BCUT2D eigenvalue weighted by Gasteiger charge is 2.18. The molecular weight excluding hydrogens is 298 g/mol. The molecule has 8 heteroatoms. The highest BCUT2D eigenvalue weighted by atomic mass is 35.5. The van der Waals surface area contributed by atoms with Crippen molar-refractivity contribution in [2.24, 2.45) is 0 Å². The Hall–Kier alpha value is -2.28. The molecule has 0 spiro atoms. The third-order valence-corrected chi connectivity index (χ3v) is 2.97. The molecule has 0 atom stereocenters. The maximum absolute atomic E-state index is 12.1. The minimum absolute atomic E-state index is 0.116. The van der Waals surface area contributed by atoms with Crippen LogP contribution < -0.4 is 10.6 Å². The van der Waals surface area contributed by atoms with E-state index in [1.54, 1.807) is 6.92 Å². The van der Waals surface area contributed by atoms with E-state index in [-0.39, 0.29) is 28.7 Å². The van der Waals surface area contributed by atoms with Gasteiger partial charge in [-0.3, -0.25) is 4.79 Å². The molecule has 0 aromatic heterocycles. The highest BCUT2D eigenvalue weighted by Crippen LogP contribution is 2.21. The molecule has 0 unspecified atom stereocenters. The summed E-state index contributed by atoms with van der Waals surface area (Å²) < 4.78 is 0. The van der Waals surface area contributed by atoms with Gasteiger partial charge in [0.15, 0.2) is 0 Å². The number of carbonyl (C=O) groups is 3. The molecule has 0 bridgehead atoms. The molecule has 0 heterocycles. The van der Waals surface area contributed by atoms with Gasteiger partial charge in [0.25, 0.3) is 0 Å². The molecule has 1 aromatic carbocycles. The molecule has 1 aromatic rings. The number of hydrogen-bond donors (Lipinski definition) is 3. The van der Waals surface area contributed by atoms with Gasteiger partial charge < -0.3 is 20.6 Å². The molecule has 0 saturated carbocycles. The van der Waals surface area contributed by atoms with Crippen LogP contribution in [-0.4, -0.2) is 48.1 Å². The summed E-state index contributed by atoms with van der Waals surface area (Å²) in [5.74, 6) is -1.52. The van der Waals surface area contributed by atoms with Gasteiger partial charge >= 0.3 is 12.0 Å². The van der Waals surface area contributed by atoms with E-state index in [2.05, 4.69) is 10.6 Å². The minimum atomic E-state index is -1.21. The molecule has 0 aliphatic rings. The fourth-order valence-electron chi connectivity index (χ4n) is 1.58. The Bertz CT molecular complexity index is 562. The van der Waals surface area contributed by atoms with Gasteiger partial charge in [0.2, 0.25) is 5.91 Å². The summed E-state index contributed by atoms with van der Waals surface area (Å²) in [5, 5.41) is 14.2. The predicted molar refractivity (Wildman–Crippen MR) is 78.7 cm³/mol. The van der Waals surface area contributed by atoms with Crippen molar-refractivity contribution < 1.29 is 19.5 Å². The number of anilines is 1. The van der Waals surface area contributed by atoms with Gasteiger partial charge in [-0.05, 0) is 25.1 Å². The van der Waals surface area contributed by atoms with Crippen LogP contribution in [0.2, 0.25) is 5.02 Å². The second-order valence-electron chi connectivity index (χ2n) is 4.11. The Morgan fingerprint density at radius 3 is 2.52 bits per heavy atom. The second-order valence-corrected chi connectivity index (χ2v) is 4.55. The standard InChI is InChI=1S/C13H16ClN3O4/c1-3-17(7-11(18)15-2)13(21)16-10-5-4-8(14)6-9(10)12(19)20/h4-6H,3,7H2,1-2H3,(H,15,18)(H,16,21)(H,19,20). The Morgan fingerprint density at radius 1 is 1.33 bits per heavy atom. The predicted octanol–water partition coefficient (Wildman–Crippen LogP) is 1.64. The molecule has 114 valence electrons. The van der Waals surface area contributed by atoms with Gasteiger partial charge in [-0.15, -0.1) is 0 Å². The summed E-state index contributed by atoms with van der Waals surface area (Å²) in [7, 11) is 1.47. The average Bonchev–Trinajstić information content (AvgIpc) is 2.45. The van der Waals surface area contributed by atoms with Gasteiger partial charge in [0.05, 0.1) is 11.3 Å². The number of likely N-dealkylation sites (N-methyl/N-ethyl adjacent to an activating group) is 2. The second kappa shape index (κ2) is 7.49. The summed E-state index contributed by atoms with van der Waals surface area (Å²) in [4.78, 5) is 35.8. The molecule has 0 fully saturated rings. The van der Waals surface area contributed by atoms with E-state index in [1.807, 2.05) is 0 Å². The lowest BCUT2D eigenvalue weighted by Gasteiger charge is -2.21. The van der Waals surface area contributed by atoms with E-state index in [4.69, 9.17) is 16.7 Å². The Kier molecular flexibility index (Phi) is 5.98. The zero-order valence-electron chi connectivity index (χ0n) is 11.6. The number of halogens is 1. The monoisotopic (exact) mass is 313 g/mol. The van der Waals surface area contributed by atoms with Gasteiger partial charge in [0, 0.05) is 18.6 Å². The molecule has 0 aliphatic heterocycles. The van der Waals surface area contributed by atoms with Crippen molar-refractivity contribution in [3.8, 4) is 0 Å². The molecule has 1 rings (SSSR count). The number of rotatable bonds is 5. The number of hydrogen-bond acceptors (Lipinski definition) is 3. The normalized spacial score (nSPS) is 9.86. The highest BCUT2D eigenvalue weighted by molar-refractivity contribution is 6.31. The zero-order valence-corrected chi connectivity index (χ0v) is 12.4. The van der Waals surface area contributed by atoms with Crippen LogP contribution in [0.3, 0.4) is 0 Å². The number of amides is 3. The van der Waals surface area contributed by atoms with Crippen molar-refractivity contribution in [2.75, 3.05) is 25.5 Å². The summed E-state index contributed by atoms with van der Waals surface area (Å²) in [6.07, 6.45) is 0. The van der Waals surface area contributed by atoms with E-state index >= 15 is 0 Å². The number of carboxylic acid groups (broad SMARTS) is 1. The first kappa shape index (κ1) is 16.8. The molecule has 0 saturated heterocycles. The Morgan fingerprint density at radius 2 is 2.00 bits per heavy atom. The van der Waals surface area contributed by atoms with Crippen molar-refractivity contribution in [3.63, 3.8) is 0 Å². The van der Waals surface area contributed by atoms with Crippen LogP contribution in [0.25, 0.3) is 0 Å². The van der Waals surface area contributed by atoms with Crippen molar-refractivity contribution in [1.82, 2.24) is 10.2 Å². The average molecular weight is 314 g/mol. The minimum Gasteiger partial charge on any atom is -0.478 e. The Balaban J connectivity index is 2.91. The van der Waals surface area contributed by atoms with Crippen LogP contribution >= 0.6 is 11.6 Å². The van der Waals surface area contributed by atoms with Crippen molar-refractivity contribution in [3.05, 3.63) is 28.8 Å². The first-order valence-corrected chi connectivity index (χ1v) is 6.56. The number of urea groups is 1. The van der Waals surface area contributed by atoms with Crippen LogP contribution in [0.4, 0.5) is 10.5 Å². The lowest BCUT2D eigenvalue weighted by molar-refractivity contribution is -0.121. The SMILES string of the molecule is CCN(CC(=O)NC)C(=O)Nc1ccc(Cl)cc1C(=O)O.